The van der Waals surface area contributed by atoms with Crippen LogP contribution in [0.2, 0.25) is 0 Å². The van der Waals surface area contributed by atoms with Crippen LogP contribution >= 0.6 is 0 Å². The first kappa shape index (κ1) is 25.5. The Bertz CT molecular complexity index is 1050. The average molecular weight is 470 g/mol. The van der Waals surface area contributed by atoms with Gasteiger partial charge in [0.05, 0.1) is 24.2 Å². The Morgan fingerprint density at radius 2 is 1.88 bits per heavy atom. The molecule has 1 aliphatic carbocycles. The Balaban J connectivity index is 2.19. The second-order valence-electron chi connectivity index (χ2n) is 9.71. The topological polar surface area (TPSA) is 90.9 Å². The number of carbonyl (C=O) groups excluding carboxylic acids is 3. The van der Waals surface area contributed by atoms with E-state index in [9.17, 15) is 14.4 Å². The summed E-state index contributed by atoms with van der Waals surface area (Å²) < 4.78 is 16.7. The number of benzene rings is 1. The molecule has 1 aromatic carbocycles. The predicted octanol–water partition coefficient (Wildman–Crippen LogP) is 4.81. The maximum absolute atomic E-state index is 13.4. The molecule has 0 spiro atoms. The van der Waals surface area contributed by atoms with E-state index >= 15 is 0 Å². The minimum atomic E-state index is -0.557. The lowest BCUT2D eigenvalue weighted by atomic mass is 9.66. The SMILES string of the molecule is CCOc1cc(C2C(C(=O)OC(C)CC)=C(C)NC3=CC(C)(C)CC(=O)C32)ccc1OC(C)=O. The first-order valence-corrected chi connectivity index (χ1v) is 11.9. The average Bonchev–Trinajstić information content (AvgIpc) is 2.72. The van der Waals surface area contributed by atoms with Crippen molar-refractivity contribution in [3.8, 4) is 11.5 Å². The van der Waals surface area contributed by atoms with E-state index in [1.165, 1.54) is 6.92 Å². The van der Waals surface area contributed by atoms with Crippen molar-refractivity contribution in [2.45, 2.75) is 73.3 Å². The van der Waals surface area contributed by atoms with Gasteiger partial charge in [-0.1, -0.05) is 32.9 Å². The summed E-state index contributed by atoms with van der Waals surface area (Å²) >= 11 is 0. The van der Waals surface area contributed by atoms with Crippen molar-refractivity contribution in [2.24, 2.45) is 11.3 Å². The van der Waals surface area contributed by atoms with Gasteiger partial charge in [-0.3, -0.25) is 9.59 Å². The van der Waals surface area contributed by atoms with Crippen LogP contribution in [-0.2, 0) is 19.1 Å². The fourth-order valence-corrected chi connectivity index (χ4v) is 4.65. The Kier molecular flexibility index (Phi) is 7.54. The molecule has 1 N–H and O–H groups in total. The van der Waals surface area contributed by atoms with Gasteiger partial charge in [0.15, 0.2) is 11.5 Å². The van der Waals surface area contributed by atoms with Crippen molar-refractivity contribution in [3.63, 3.8) is 0 Å². The summed E-state index contributed by atoms with van der Waals surface area (Å²) in [5.74, 6) is -1.27. The highest BCUT2D eigenvalue weighted by molar-refractivity contribution is 5.96. The zero-order valence-corrected chi connectivity index (χ0v) is 21.1. The van der Waals surface area contributed by atoms with Crippen molar-refractivity contribution in [3.05, 3.63) is 46.8 Å². The minimum absolute atomic E-state index is 0.0587. The first-order chi connectivity index (χ1) is 16.0. The number of allylic oxidation sites excluding steroid dienone is 3. The number of Topliss-reactive ketones (excluding diaryl/α,β-unsaturated/α-hetero) is 1. The third kappa shape index (κ3) is 5.34. The summed E-state index contributed by atoms with van der Waals surface area (Å²) in [6, 6.07) is 5.19. The van der Waals surface area contributed by atoms with Crippen LogP contribution in [0.4, 0.5) is 0 Å². The van der Waals surface area contributed by atoms with Crippen molar-refractivity contribution in [1.29, 1.82) is 0 Å². The summed E-state index contributed by atoms with van der Waals surface area (Å²) in [5.41, 5.74) is 2.32. The van der Waals surface area contributed by atoms with Crippen LogP contribution in [0.25, 0.3) is 0 Å². The Hall–Kier alpha value is -3.09. The molecule has 0 aromatic heterocycles. The number of nitrogens with one attached hydrogen (secondary N) is 1. The maximum Gasteiger partial charge on any atom is 0.336 e. The van der Waals surface area contributed by atoms with Gasteiger partial charge in [0, 0.05) is 30.7 Å². The zero-order valence-electron chi connectivity index (χ0n) is 21.1. The smallest absolute Gasteiger partial charge is 0.336 e. The normalized spacial score (nSPS) is 22.2. The lowest BCUT2D eigenvalue weighted by Gasteiger charge is -2.41. The van der Waals surface area contributed by atoms with E-state index < -0.39 is 23.8 Å². The molecule has 3 unspecified atom stereocenters. The Morgan fingerprint density at radius 3 is 2.50 bits per heavy atom. The first-order valence-electron chi connectivity index (χ1n) is 11.9. The van der Waals surface area contributed by atoms with E-state index in [0.717, 1.165) is 11.3 Å². The molecule has 3 rings (SSSR count). The largest absolute Gasteiger partial charge is 0.490 e. The summed E-state index contributed by atoms with van der Waals surface area (Å²) in [6.45, 7) is 13.2. The highest BCUT2D eigenvalue weighted by Gasteiger charge is 2.46. The minimum Gasteiger partial charge on any atom is -0.490 e. The molecule has 0 bridgehead atoms. The van der Waals surface area contributed by atoms with Crippen LogP contribution in [-0.4, -0.2) is 30.4 Å². The van der Waals surface area contributed by atoms with Gasteiger partial charge in [-0.25, -0.2) is 4.79 Å². The van der Waals surface area contributed by atoms with Crippen LogP contribution in [0.1, 0.15) is 72.8 Å². The number of esters is 2. The number of fused-ring (bicyclic) bond motifs is 1. The molecule has 184 valence electrons. The van der Waals surface area contributed by atoms with Gasteiger partial charge in [-0.2, -0.15) is 0 Å². The summed E-state index contributed by atoms with van der Waals surface area (Å²) in [4.78, 5) is 38.3. The lowest BCUT2D eigenvalue weighted by molar-refractivity contribution is -0.144. The third-order valence-electron chi connectivity index (χ3n) is 6.22. The van der Waals surface area contributed by atoms with E-state index in [4.69, 9.17) is 14.2 Å². The van der Waals surface area contributed by atoms with Gasteiger partial charge in [-0.05, 0) is 50.3 Å². The van der Waals surface area contributed by atoms with Crippen LogP contribution in [0, 0.1) is 11.3 Å². The number of hydrogen-bond acceptors (Lipinski definition) is 7. The molecule has 0 fully saturated rings. The molecule has 1 aliphatic heterocycles. The van der Waals surface area contributed by atoms with E-state index in [2.05, 4.69) is 11.4 Å². The predicted molar refractivity (Wildman–Crippen MR) is 128 cm³/mol. The Morgan fingerprint density at radius 1 is 1.18 bits per heavy atom. The number of ketones is 1. The molecule has 7 nitrogen and oxygen atoms in total. The molecule has 34 heavy (non-hydrogen) atoms. The van der Waals surface area contributed by atoms with Crippen molar-refractivity contribution >= 4 is 17.7 Å². The van der Waals surface area contributed by atoms with E-state index in [1.807, 2.05) is 41.5 Å². The van der Waals surface area contributed by atoms with Crippen molar-refractivity contribution in [2.75, 3.05) is 6.61 Å². The van der Waals surface area contributed by atoms with Gasteiger partial charge in [0.1, 0.15) is 5.78 Å². The maximum atomic E-state index is 13.4. The van der Waals surface area contributed by atoms with Crippen molar-refractivity contribution in [1.82, 2.24) is 5.32 Å². The summed E-state index contributed by atoms with van der Waals surface area (Å²) in [6.07, 6.45) is 2.89. The number of rotatable bonds is 7. The lowest BCUT2D eigenvalue weighted by Crippen LogP contribution is -2.43. The Labute approximate surface area is 201 Å². The van der Waals surface area contributed by atoms with Gasteiger partial charge >= 0.3 is 11.9 Å². The summed E-state index contributed by atoms with van der Waals surface area (Å²) in [5, 5.41) is 3.32. The van der Waals surface area contributed by atoms with Crippen LogP contribution < -0.4 is 14.8 Å². The molecule has 7 heteroatoms. The molecule has 1 aromatic rings. The molecule has 0 saturated carbocycles. The van der Waals surface area contributed by atoms with Crippen LogP contribution in [0.15, 0.2) is 41.2 Å². The fourth-order valence-electron chi connectivity index (χ4n) is 4.65. The van der Waals surface area contributed by atoms with Gasteiger partial charge in [0.2, 0.25) is 0 Å². The summed E-state index contributed by atoms with van der Waals surface area (Å²) in [7, 11) is 0. The molecule has 0 radical (unpaired) electrons. The number of hydrogen-bond donors (Lipinski definition) is 1. The molecule has 1 heterocycles. The molecular formula is C27H35NO6. The monoisotopic (exact) mass is 469 g/mol. The van der Waals surface area contributed by atoms with Gasteiger partial charge in [0.25, 0.3) is 0 Å². The van der Waals surface area contributed by atoms with Crippen LogP contribution in [0.3, 0.4) is 0 Å². The molecule has 0 amide bonds. The molecule has 0 saturated heterocycles. The number of ether oxygens (including phenoxy) is 3. The highest BCUT2D eigenvalue weighted by Crippen LogP contribution is 2.48. The van der Waals surface area contributed by atoms with Crippen LogP contribution in [0.5, 0.6) is 11.5 Å². The van der Waals surface area contributed by atoms with E-state index in [-0.39, 0.29) is 17.3 Å². The van der Waals surface area contributed by atoms with Gasteiger partial charge in [-0.15, -0.1) is 0 Å². The molecule has 2 aliphatic rings. The second-order valence-corrected chi connectivity index (χ2v) is 9.71. The second kappa shape index (κ2) is 10.0. The number of carbonyl (C=O) groups is 3. The van der Waals surface area contributed by atoms with Gasteiger partial charge < -0.3 is 19.5 Å². The van der Waals surface area contributed by atoms with E-state index in [1.54, 1.807) is 18.2 Å². The standard InChI is InChI=1S/C27H35NO6/c1-8-15(3)33-26(31)23-16(4)28-19-13-27(6,7)14-20(30)25(19)24(23)18-10-11-21(34-17(5)29)22(12-18)32-9-2/h10-13,15,24-25,28H,8-9,14H2,1-7H3. The quantitative estimate of drug-likeness (QED) is 0.452. The highest BCUT2D eigenvalue weighted by atomic mass is 16.6. The zero-order chi connectivity index (χ0) is 25.2. The molecular weight excluding hydrogens is 434 g/mol. The fraction of sp³-hybridized carbons (Fsp3) is 0.519. The molecule has 3 atom stereocenters. The third-order valence-corrected chi connectivity index (χ3v) is 6.22. The van der Waals surface area contributed by atoms with E-state index in [0.29, 0.717) is 42.2 Å². The van der Waals surface area contributed by atoms with Crippen molar-refractivity contribution < 1.29 is 28.6 Å².